The van der Waals surface area contributed by atoms with E-state index < -0.39 is 12.1 Å². The van der Waals surface area contributed by atoms with Gasteiger partial charge in [0.05, 0.1) is 19.5 Å². The molecule has 22 heavy (non-hydrogen) atoms. The number of carbonyl (C=O) groups excluding carboxylic acids is 2. The molecule has 0 unspecified atom stereocenters. The molecule has 0 aliphatic carbocycles. The lowest BCUT2D eigenvalue weighted by atomic mass is 10.4. The van der Waals surface area contributed by atoms with Gasteiger partial charge in [-0.15, -0.1) is 0 Å². The second kappa shape index (κ2) is 15.5. The molecule has 0 radical (unpaired) electrons. The van der Waals surface area contributed by atoms with Gasteiger partial charge in [-0.2, -0.15) is 0 Å². The summed E-state index contributed by atoms with van der Waals surface area (Å²) in [6.45, 7) is 9.29. The highest BCUT2D eigenvalue weighted by molar-refractivity contribution is 5.81. The molecule has 0 aromatic heterocycles. The maximum absolute atomic E-state index is 10.8. The third-order valence-corrected chi connectivity index (χ3v) is 2.25. The molecule has 0 rings (SSSR count). The van der Waals surface area contributed by atoms with Crippen molar-refractivity contribution in [1.29, 1.82) is 0 Å². The van der Waals surface area contributed by atoms with Crippen LogP contribution in [0, 0.1) is 0 Å². The molecule has 0 spiro atoms. The van der Waals surface area contributed by atoms with Crippen molar-refractivity contribution >= 4 is 12.1 Å². The molecule has 0 aromatic rings. The van der Waals surface area contributed by atoms with Crippen LogP contribution < -0.4 is 0 Å². The number of rotatable bonds is 14. The third-order valence-electron chi connectivity index (χ3n) is 2.25. The van der Waals surface area contributed by atoms with E-state index in [4.69, 9.17) is 18.9 Å². The van der Waals surface area contributed by atoms with Gasteiger partial charge in [-0.05, 0) is 6.42 Å². The molecule has 0 aliphatic rings. The average molecular weight is 316 g/mol. The molecule has 7 nitrogen and oxygen atoms in total. The van der Waals surface area contributed by atoms with E-state index in [0.717, 1.165) is 18.8 Å². The van der Waals surface area contributed by atoms with Crippen LogP contribution >= 0.6 is 0 Å². The first-order valence-electron chi connectivity index (χ1n) is 7.09. The smallest absolute Gasteiger partial charge is 0.462 e. The Bertz CT molecular complexity index is 328. The minimum atomic E-state index is -0.762. The van der Waals surface area contributed by atoms with Crippen molar-refractivity contribution in [1.82, 2.24) is 0 Å². The zero-order valence-electron chi connectivity index (χ0n) is 12.8. The summed E-state index contributed by atoms with van der Waals surface area (Å²) in [5.74, 6) is -0.421. The Labute approximate surface area is 130 Å². The summed E-state index contributed by atoms with van der Waals surface area (Å²) in [4.78, 5) is 21.5. The molecule has 0 amide bonds. The van der Waals surface area contributed by atoms with Crippen LogP contribution in [0.5, 0.6) is 0 Å². The van der Waals surface area contributed by atoms with E-state index in [-0.39, 0.29) is 6.61 Å². The van der Waals surface area contributed by atoms with E-state index in [1.165, 1.54) is 0 Å². The first-order valence-corrected chi connectivity index (χ1v) is 7.09. The predicted molar refractivity (Wildman–Crippen MR) is 79.3 cm³/mol. The molecule has 0 atom stereocenters. The lowest BCUT2D eigenvalue weighted by Gasteiger charge is -2.06. The average Bonchev–Trinajstić information content (AvgIpc) is 2.51. The molecule has 0 heterocycles. The van der Waals surface area contributed by atoms with Crippen molar-refractivity contribution in [3.8, 4) is 0 Å². The van der Waals surface area contributed by atoms with Crippen molar-refractivity contribution in [3.05, 3.63) is 25.5 Å². The van der Waals surface area contributed by atoms with Crippen molar-refractivity contribution in [2.24, 2.45) is 0 Å². The van der Waals surface area contributed by atoms with Gasteiger partial charge in [-0.25, -0.2) is 9.59 Å². The van der Waals surface area contributed by atoms with E-state index in [2.05, 4.69) is 17.9 Å². The Morgan fingerprint density at radius 2 is 1.27 bits per heavy atom. The Kier molecular flexibility index (Phi) is 14.2. The molecule has 0 bridgehead atoms. The molecular weight excluding hydrogens is 292 g/mol. The van der Waals surface area contributed by atoms with Crippen molar-refractivity contribution in [3.63, 3.8) is 0 Å². The second-order valence-electron chi connectivity index (χ2n) is 4.04. The van der Waals surface area contributed by atoms with E-state index >= 15 is 0 Å². The molecular formula is C15H24O7. The van der Waals surface area contributed by atoms with Crippen LogP contribution in [0.3, 0.4) is 0 Å². The van der Waals surface area contributed by atoms with Crippen LogP contribution in [0.25, 0.3) is 0 Å². The zero-order chi connectivity index (χ0) is 16.5. The number of carbonyl (C=O) groups is 2. The molecule has 0 saturated heterocycles. The predicted octanol–water partition coefficient (Wildman–Crippen LogP) is 2.22. The van der Waals surface area contributed by atoms with Gasteiger partial charge in [0.1, 0.15) is 0 Å². The molecule has 0 fully saturated rings. The maximum atomic E-state index is 10.8. The number of ether oxygens (including phenoxy) is 5. The first kappa shape index (κ1) is 20.1. The first-order chi connectivity index (χ1) is 10.7. The Morgan fingerprint density at radius 3 is 1.77 bits per heavy atom. The van der Waals surface area contributed by atoms with Gasteiger partial charge in [-0.1, -0.05) is 13.2 Å². The fourth-order valence-electron chi connectivity index (χ4n) is 1.28. The Morgan fingerprint density at radius 1 is 0.773 bits per heavy atom. The lowest BCUT2D eigenvalue weighted by Crippen LogP contribution is -2.09. The fourth-order valence-corrected chi connectivity index (χ4v) is 1.28. The Balaban J connectivity index is 3.11. The summed E-state index contributed by atoms with van der Waals surface area (Å²) in [7, 11) is 0. The molecule has 0 aromatic carbocycles. The molecule has 0 N–H and O–H groups in total. The van der Waals surface area contributed by atoms with E-state index in [0.29, 0.717) is 45.9 Å². The number of hydrogen-bond acceptors (Lipinski definition) is 7. The van der Waals surface area contributed by atoms with Gasteiger partial charge in [0, 0.05) is 45.3 Å². The van der Waals surface area contributed by atoms with Crippen LogP contribution in [0.1, 0.15) is 19.3 Å². The van der Waals surface area contributed by atoms with Crippen LogP contribution in [0.15, 0.2) is 25.5 Å². The van der Waals surface area contributed by atoms with Crippen molar-refractivity contribution in [2.45, 2.75) is 19.3 Å². The summed E-state index contributed by atoms with van der Waals surface area (Å²) in [5.41, 5.74) is 0. The maximum Gasteiger partial charge on any atom is 0.513 e. The van der Waals surface area contributed by atoms with Crippen LogP contribution in [0.2, 0.25) is 0 Å². The van der Waals surface area contributed by atoms with Gasteiger partial charge < -0.3 is 23.7 Å². The monoisotopic (exact) mass is 316 g/mol. The van der Waals surface area contributed by atoms with E-state index in [1.807, 2.05) is 0 Å². The minimum Gasteiger partial charge on any atom is -0.462 e. The Hall–Kier alpha value is -1.86. The molecule has 7 heteroatoms. The summed E-state index contributed by atoms with van der Waals surface area (Å²) in [6.07, 6.45) is 3.40. The van der Waals surface area contributed by atoms with Gasteiger partial charge in [0.25, 0.3) is 0 Å². The zero-order valence-corrected chi connectivity index (χ0v) is 12.8. The van der Waals surface area contributed by atoms with Gasteiger partial charge >= 0.3 is 12.1 Å². The van der Waals surface area contributed by atoms with E-state index in [1.54, 1.807) is 0 Å². The fraction of sp³-hybridized carbons (Fsp3) is 0.600. The van der Waals surface area contributed by atoms with Crippen LogP contribution in [0.4, 0.5) is 4.79 Å². The van der Waals surface area contributed by atoms with Gasteiger partial charge in [0.2, 0.25) is 0 Å². The summed E-state index contributed by atoms with van der Waals surface area (Å²) in [5, 5.41) is 0. The van der Waals surface area contributed by atoms with Crippen LogP contribution in [-0.2, 0) is 28.5 Å². The topological polar surface area (TPSA) is 80.3 Å². The normalized spacial score (nSPS) is 9.82. The lowest BCUT2D eigenvalue weighted by molar-refractivity contribution is -0.138. The number of hydrogen-bond donors (Lipinski definition) is 0. The van der Waals surface area contributed by atoms with Gasteiger partial charge in [0.15, 0.2) is 0 Å². The third kappa shape index (κ3) is 14.5. The highest BCUT2D eigenvalue weighted by Crippen LogP contribution is 1.93. The highest BCUT2D eigenvalue weighted by atomic mass is 16.7. The highest BCUT2D eigenvalue weighted by Gasteiger charge is 2.00. The minimum absolute atomic E-state index is 0.243. The standard InChI is InChI=1S/C15H24O7/c1-3-14(16)21-12-6-10-18-8-5-9-19-11-7-13-22-15(17)20-4-2/h3-4H,1-2,5-13H2. The molecule has 0 saturated carbocycles. The molecule has 126 valence electrons. The summed E-state index contributed by atoms with van der Waals surface area (Å²) in [6, 6.07) is 0. The van der Waals surface area contributed by atoms with Crippen molar-refractivity contribution < 1.29 is 33.3 Å². The largest absolute Gasteiger partial charge is 0.513 e. The second-order valence-corrected chi connectivity index (χ2v) is 4.04. The SMILES string of the molecule is C=COC(=O)OCCCOCCCOCCCOC(=O)C=C. The van der Waals surface area contributed by atoms with Gasteiger partial charge in [-0.3, -0.25) is 0 Å². The van der Waals surface area contributed by atoms with E-state index in [9.17, 15) is 9.59 Å². The quantitative estimate of drug-likeness (QED) is 0.210. The summed E-state index contributed by atoms with van der Waals surface area (Å²) >= 11 is 0. The summed E-state index contributed by atoms with van der Waals surface area (Å²) < 4.78 is 24.6. The van der Waals surface area contributed by atoms with Crippen LogP contribution in [-0.4, -0.2) is 51.8 Å². The van der Waals surface area contributed by atoms with Crippen molar-refractivity contribution in [2.75, 3.05) is 39.6 Å². The number of esters is 1. The molecule has 0 aliphatic heterocycles.